The number of hydrogen-bond donors (Lipinski definition) is 0. The molecule has 0 saturated carbocycles. The second-order valence-electron chi connectivity index (χ2n) is 3.44. The maximum atomic E-state index is 12.4. The zero-order chi connectivity index (χ0) is 11.6. The number of halogens is 3. The Labute approximate surface area is 86.1 Å². The first kappa shape index (κ1) is 11.8. The fourth-order valence-corrected chi connectivity index (χ4v) is 1.21. The Balaban J connectivity index is 3.22. The number of nitrogens with zero attached hydrogens (tertiary/aromatic N) is 1. The van der Waals surface area contributed by atoms with Gasteiger partial charge in [0.25, 0.3) is 0 Å². The molecule has 0 amide bonds. The van der Waals surface area contributed by atoms with Crippen molar-refractivity contribution in [3.8, 4) is 5.75 Å². The van der Waals surface area contributed by atoms with Crippen molar-refractivity contribution >= 4 is 0 Å². The molecule has 0 radical (unpaired) electrons. The van der Waals surface area contributed by atoms with Crippen LogP contribution in [0.5, 0.6) is 5.75 Å². The van der Waals surface area contributed by atoms with Crippen molar-refractivity contribution < 1.29 is 17.9 Å². The van der Waals surface area contributed by atoms with Gasteiger partial charge in [0, 0.05) is 0 Å². The summed E-state index contributed by atoms with van der Waals surface area (Å²) in [6.45, 7) is 3.54. The van der Waals surface area contributed by atoms with Gasteiger partial charge in [0.1, 0.15) is 11.4 Å². The van der Waals surface area contributed by atoms with E-state index in [1.807, 2.05) is 0 Å². The molecule has 0 spiro atoms. The van der Waals surface area contributed by atoms with E-state index in [2.05, 4.69) is 4.98 Å². The largest absolute Gasteiger partial charge is 0.495 e. The lowest BCUT2D eigenvalue weighted by molar-refractivity contribution is -0.141. The molecule has 2 nitrogen and oxygen atoms in total. The highest BCUT2D eigenvalue weighted by molar-refractivity contribution is 5.32. The van der Waals surface area contributed by atoms with Crippen molar-refractivity contribution in [1.82, 2.24) is 4.98 Å². The lowest BCUT2D eigenvalue weighted by Crippen LogP contribution is -2.10. The van der Waals surface area contributed by atoms with Crippen LogP contribution in [-0.4, -0.2) is 12.1 Å². The van der Waals surface area contributed by atoms with Crippen LogP contribution in [0.3, 0.4) is 0 Å². The molecule has 0 fully saturated rings. The predicted octanol–water partition coefficient (Wildman–Crippen LogP) is 3.23. The topological polar surface area (TPSA) is 22.1 Å². The van der Waals surface area contributed by atoms with Crippen LogP contribution in [0.25, 0.3) is 0 Å². The predicted molar refractivity (Wildman–Crippen MR) is 49.9 cm³/mol. The van der Waals surface area contributed by atoms with Gasteiger partial charge in [-0.1, -0.05) is 13.8 Å². The molecule has 0 aromatic carbocycles. The van der Waals surface area contributed by atoms with Crippen molar-refractivity contribution in [3.63, 3.8) is 0 Å². The molecular formula is C10H12F3NO. The minimum atomic E-state index is -4.41. The number of ether oxygens (including phenoxy) is 1. The fraction of sp³-hybridized carbons (Fsp3) is 0.500. The summed E-state index contributed by atoms with van der Waals surface area (Å²) in [7, 11) is 1.41. The number of methoxy groups -OCH3 is 1. The third-order valence-corrected chi connectivity index (χ3v) is 1.94. The van der Waals surface area contributed by atoms with Crippen LogP contribution in [0.2, 0.25) is 0 Å². The molecule has 1 heterocycles. The summed E-state index contributed by atoms with van der Waals surface area (Å²) in [6, 6.07) is 2.22. The standard InChI is InChI=1S/C10H12F3NO/c1-6(2)9-7(15-3)4-5-8(14-9)10(11,12)13/h4-6H,1-3H3. The van der Waals surface area contributed by atoms with Crippen LogP contribution in [0.15, 0.2) is 12.1 Å². The van der Waals surface area contributed by atoms with E-state index in [0.717, 1.165) is 6.07 Å². The smallest absolute Gasteiger partial charge is 0.433 e. The van der Waals surface area contributed by atoms with Crippen LogP contribution in [0.4, 0.5) is 13.2 Å². The first-order chi connectivity index (χ1) is 6.86. The van der Waals surface area contributed by atoms with E-state index < -0.39 is 11.9 Å². The summed E-state index contributed by atoms with van der Waals surface area (Å²) in [4.78, 5) is 3.56. The van der Waals surface area contributed by atoms with Gasteiger partial charge in [-0.25, -0.2) is 4.98 Å². The highest BCUT2D eigenvalue weighted by Crippen LogP contribution is 2.32. The Morgan fingerprint density at radius 1 is 1.27 bits per heavy atom. The molecule has 1 aromatic heterocycles. The number of rotatable bonds is 2. The molecule has 0 N–H and O–H groups in total. The van der Waals surface area contributed by atoms with E-state index in [0.29, 0.717) is 11.4 Å². The third kappa shape index (κ3) is 2.61. The molecule has 84 valence electrons. The summed E-state index contributed by atoms with van der Waals surface area (Å²) in [5, 5.41) is 0. The number of hydrogen-bond acceptors (Lipinski definition) is 2. The number of alkyl halides is 3. The van der Waals surface area contributed by atoms with E-state index in [1.165, 1.54) is 13.2 Å². The van der Waals surface area contributed by atoms with Crippen LogP contribution >= 0.6 is 0 Å². The molecule has 0 aliphatic rings. The highest BCUT2D eigenvalue weighted by atomic mass is 19.4. The molecule has 1 rings (SSSR count). The van der Waals surface area contributed by atoms with Gasteiger partial charge in [0.15, 0.2) is 0 Å². The van der Waals surface area contributed by atoms with E-state index >= 15 is 0 Å². The van der Waals surface area contributed by atoms with Crippen molar-refractivity contribution in [2.75, 3.05) is 7.11 Å². The Hall–Kier alpha value is -1.26. The van der Waals surface area contributed by atoms with E-state index in [-0.39, 0.29) is 5.92 Å². The Morgan fingerprint density at radius 2 is 1.87 bits per heavy atom. The molecule has 0 aliphatic carbocycles. The monoisotopic (exact) mass is 219 g/mol. The molecule has 0 aliphatic heterocycles. The van der Waals surface area contributed by atoms with Gasteiger partial charge in [-0.05, 0) is 18.1 Å². The Morgan fingerprint density at radius 3 is 2.27 bits per heavy atom. The van der Waals surface area contributed by atoms with Crippen LogP contribution in [0, 0.1) is 0 Å². The van der Waals surface area contributed by atoms with Crippen molar-refractivity contribution in [3.05, 3.63) is 23.5 Å². The van der Waals surface area contributed by atoms with Crippen LogP contribution in [0.1, 0.15) is 31.2 Å². The van der Waals surface area contributed by atoms with Gasteiger partial charge in [-0.3, -0.25) is 0 Å². The van der Waals surface area contributed by atoms with E-state index in [1.54, 1.807) is 13.8 Å². The SMILES string of the molecule is COc1ccc(C(F)(F)F)nc1C(C)C. The van der Waals surface area contributed by atoms with Gasteiger partial charge >= 0.3 is 6.18 Å². The van der Waals surface area contributed by atoms with Gasteiger partial charge in [-0.2, -0.15) is 13.2 Å². The van der Waals surface area contributed by atoms with Gasteiger partial charge < -0.3 is 4.74 Å². The van der Waals surface area contributed by atoms with E-state index in [4.69, 9.17) is 4.74 Å². The molecule has 15 heavy (non-hydrogen) atoms. The molecule has 0 atom stereocenters. The number of aromatic nitrogens is 1. The Bertz CT molecular complexity index is 347. The summed E-state index contributed by atoms with van der Waals surface area (Å²) in [5.41, 5.74) is -0.556. The summed E-state index contributed by atoms with van der Waals surface area (Å²) in [5.74, 6) is 0.278. The lowest BCUT2D eigenvalue weighted by Gasteiger charge is -2.13. The second kappa shape index (κ2) is 4.08. The van der Waals surface area contributed by atoms with Gasteiger partial charge in [0.2, 0.25) is 0 Å². The van der Waals surface area contributed by atoms with Gasteiger partial charge in [0.05, 0.1) is 12.8 Å². The summed E-state index contributed by atoms with van der Waals surface area (Å²) < 4.78 is 42.0. The molecule has 0 unspecified atom stereocenters. The van der Waals surface area contributed by atoms with Crippen LogP contribution in [-0.2, 0) is 6.18 Å². The average Bonchev–Trinajstić information content (AvgIpc) is 2.15. The number of pyridine rings is 1. The average molecular weight is 219 g/mol. The lowest BCUT2D eigenvalue weighted by atomic mass is 10.1. The summed E-state index contributed by atoms with van der Waals surface area (Å²) >= 11 is 0. The minimum absolute atomic E-state index is 0.109. The van der Waals surface area contributed by atoms with Crippen molar-refractivity contribution in [2.45, 2.75) is 25.9 Å². The quantitative estimate of drug-likeness (QED) is 0.761. The molecular weight excluding hydrogens is 207 g/mol. The summed E-state index contributed by atoms with van der Waals surface area (Å²) in [6.07, 6.45) is -4.41. The maximum absolute atomic E-state index is 12.4. The van der Waals surface area contributed by atoms with Crippen LogP contribution < -0.4 is 4.74 Å². The molecule has 0 saturated heterocycles. The normalized spacial score (nSPS) is 11.9. The first-order valence-electron chi connectivity index (χ1n) is 4.48. The first-order valence-corrected chi connectivity index (χ1v) is 4.48. The van der Waals surface area contributed by atoms with Crippen molar-refractivity contribution in [2.24, 2.45) is 0 Å². The molecule has 0 bridgehead atoms. The van der Waals surface area contributed by atoms with E-state index in [9.17, 15) is 13.2 Å². The van der Waals surface area contributed by atoms with Gasteiger partial charge in [-0.15, -0.1) is 0 Å². The molecule has 5 heteroatoms. The third-order valence-electron chi connectivity index (χ3n) is 1.94. The highest BCUT2D eigenvalue weighted by Gasteiger charge is 2.33. The fourth-order valence-electron chi connectivity index (χ4n) is 1.21. The minimum Gasteiger partial charge on any atom is -0.495 e. The second-order valence-corrected chi connectivity index (χ2v) is 3.44. The molecule has 1 aromatic rings. The Kier molecular flexibility index (Phi) is 3.21. The van der Waals surface area contributed by atoms with Crippen molar-refractivity contribution in [1.29, 1.82) is 0 Å². The zero-order valence-corrected chi connectivity index (χ0v) is 8.72. The zero-order valence-electron chi connectivity index (χ0n) is 8.72. The maximum Gasteiger partial charge on any atom is 0.433 e.